The Kier molecular flexibility index (Phi) is 3.74. The Labute approximate surface area is 114 Å². The van der Waals surface area contributed by atoms with Crippen molar-refractivity contribution in [3.63, 3.8) is 0 Å². The topological polar surface area (TPSA) is 69.6 Å². The van der Waals surface area contributed by atoms with Crippen LogP contribution in [0.25, 0.3) is 0 Å². The van der Waals surface area contributed by atoms with Gasteiger partial charge in [0, 0.05) is 12.1 Å². The molecule has 1 unspecified atom stereocenters. The van der Waals surface area contributed by atoms with Gasteiger partial charge in [0.1, 0.15) is 5.54 Å². The Balaban J connectivity index is 2.11. The molecular weight excluding hydrogens is 244 g/mol. The van der Waals surface area contributed by atoms with Gasteiger partial charge in [0.05, 0.1) is 0 Å². The molecule has 2 rings (SSSR count). The van der Waals surface area contributed by atoms with Gasteiger partial charge < -0.3 is 15.3 Å². The van der Waals surface area contributed by atoms with E-state index < -0.39 is 11.5 Å². The highest BCUT2D eigenvalue weighted by Crippen LogP contribution is 2.37. The van der Waals surface area contributed by atoms with Crippen LogP contribution in [-0.2, 0) is 4.79 Å². The lowest BCUT2D eigenvalue weighted by atomic mass is 9.75. The molecule has 1 aliphatic heterocycles. The molecule has 1 saturated heterocycles. The van der Waals surface area contributed by atoms with Crippen molar-refractivity contribution in [2.45, 2.75) is 69.9 Å². The third-order valence-electron chi connectivity index (χ3n) is 5.08. The van der Waals surface area contributed by atoms with Crippen molar-refractivity contribution in [3.05, 3.63) is 0 Å². The number of carboxylic acids is 1. The SMILES string of the molecule is CCC1(NC(=O)N2CCCC2(CC)C(=O)O)CCC1. The number of nitrogens with zero attached hydrogens (tertiary/aromatic N) is 1. The molecule has 0 bridgehead atoms. The Hall–Kier alpha value is -1.26. The van der Waals surface area contributed by atoms with Crippen LogP contribution in [-0.4, -0.2) is 39.6 Å². The van der Waals surface area contributed by atoms with E-state index in [1.54, 1.807) is 4.90 Å². The average Bonchev–Trinajstić information content (AvgIpc) is 2.78. The van der Waals surface area contributed by atoms with Gasteiger partial charge in [0.2, 0.25) is 0 Å². The summed E-state index contributed by atoms with van der Waals surface area (Å²) in [5.41, 5.74) is -1.08. The number of carbonyl (C=O) groups is 2. The monoisotopic (exact) mass is 268 g/mol. The summed E-state index contributed by atoms with van der Waals surface area (Å²) in [7, 11) is 0. The number of nitrogens with one attached hydrogen (secondary N) is 1. The molecule has 0 aromatic rings. The van der Waals surface area contributed by atoms with Crippen molar-refractivity contribution in [3.8, 4) is 0 Å². The highest BCUT2D eigenvalue weighted by Gasteiger charge is 2.50. The first kappa shape index (κ1) is 14.2. The average molecular weight is 268 g/mol. The van der Waals surface area contributed by atoms with Crippen molar-refractivity contribution >= 4 is 12.0 Å². The van der Waals surface area contributed by atoms with E-state index >= 15 is 0 Å². The Morgan fingerprint density at radius 1 is 1.16 bits per heavy atom. The fourth-order valence-electron chi connectivity index (χ4n) is 3.38. The van der Waals surface area contributed by atoms with Crippen molar-refractivity contribution in [1.29, 1.82) is 0 Å². The Bertz CT molecular complexity index is 373. The molecule has 2 fully saturated rings. The van der Waals surface area contributed by atoms with Gasteiger partial charge in [-0.1, -0.05) is 13.8 Å². The zero-order valence-electron chi connectivity index (χ0n) is 11.9. The van der Waals surface area contributed by atoms with Gasteiger partial charge in [-0.3, -0.25) is 0 Å². The van der Waals surface area contributed by atoms with E-state index in [0.717, 1.165) is 32.1 Å². The van der Waals surface area contributed by atoms with Gasteiger partial charge >= 0.3 is 12.0 Å². The van der Waals surface area contributed by atoms with E-state index in [1.165, 1.54) is 0 Å². The lowest BCUT2D eigenvalue weighted by Gasteiger charge is -2.44. The Morgan fingerprint density at radius 3 is 2.26 bits per heavy atom. The maximum absolute atomic E-state index is 12.4. The zero-order valence-corrected chi connectivity index (χ0v) is 11.9. The number of aliphatic carboxylic acids is 1. The number of urea groups is 1. The first-order valence-corrected chi connectivity index (χ1v) is 7.33. The second-order valence-corrected chi connectivity index (χ2v) is 5.86. The molecular formula is C14H24N2O3. The van der Waals surface area contributed by atoms with Crippen LogP contribution in [0.3, 0.4) is 0 Å². The summed E-state index contributed by atoms with van der Waals surface area (Å²) >= 11 is 0. The van der Waals surface area contributed by atoms with Gasteiger partial charge in [-0.15, -0.1) is 0 Å². The molecule has 1 atom stereocenters. The molecule has 2 aliphatic rings. The number of rotatable bonds is 4. The van der Waals surface area contributed by atoms with Crippen molar-refractivity contribution in [2.24, 2.45) is 0 Å². The molecule has 19 heavy (non-hydrogen) atoms. The molecule has 5 heteroatoms. The molecule has 1 aliphatic carbocycles. The van der Waals surface area contributed by atoms with Gasteiger partial charge in [0.25, 0.3) is 0 Å². The maximum Gasteiger partial charge on any atom is 0.329 e. The summed E-state index contributed by atoms with van der Waals surface area (Å²) < 4.78 is 0. The maximum atomic E-state index is 12.4. The minimum atomic E-state index is -0.997. The predicted octanol–water partition coefficient (Wildman–Crippen LogP) is 2.36. The summed E-state index contributed by atoms with van der Waals surface area (Å²) in [4.78, 5) is 25.6. The van der Waals surface area contributed by atoms with Gasteiger partial charge in [0.15, 0.2) is 0 Å². The molecule has 5 nitrogen and oxygen atoms in total. The fraction of sp³-hybridized carbons (Fsp3) is 0.857. The van der Waals surface area contributed by atoms with Crippen molar-refractivity contribution < 1.29 is 14.7 Å². The van der Waals surface area contributed by atoms with Crippen LogP contribution in [0, 0.1) is 0 Å². The fourth-order valence-corrected chi connectivity index (χ4v) is 3.38. The third-order valence-corrected chi connectivity index (χ3v) is 5.08. The van der Waals surface area contributed by atoms with Crippen LogP contribution < -0.4 is 5.32 Å². The van der Waals surface area contributed by atoms with Gasteiger partial charge in [-0.05, 0) is 44.9 Å². The number of likely N-dealkylation sites (tertiary alicyclic amines) is 1. The van der Waals surface area contributed by atoms with Crippen LogP contribution in [0.2, 0.25) is 0 Å². The van der Waals surface area contributed by atoms with E-state index in [9.17, 15) is 14.7 Å². The number of hydrogen-bond donors (Lipinski definition) is 2. The third kappa shape index (κ3) is 2.19. The predicted molar refractivity (Wildman–Crippen MR) is 72.0 cm³/mol. The van der Waals surface area contributed by atoms with E-state index in [0.29, 0.717) is 19.4 Å². The first-order chi connectivity index (χ1) is 8.99. The van der Waals surface area contributed by atoms with E-state index in [4.69, 9.17) is 0 Å². The summed E-state index contributed by atoms with van der Waals surface area (Å²) in [6.45, 7) is 4.47. The smallest absolute Gasteiger partial charge is 0.329 e. The summed E-state index contributed by atoms with van der Waals surface area (Å²) in [5, 5.41) is 12.6. The first-order valence-electron chi connectivity index (χ1n) is 7.33. The van der Waals surface area contributed by atoms with Crippen LogP contribution in [0.4, 0.5) is 4.79 Å². The molecule has 0 aromatic carbocycles. The van der Waals surface area contributed by atoms with Crippen LogP contribution >= 0.6 is 0 Å². The molecule has 0 aromatic heterocycles. The number of amides is 2. The standard InChI is InChI=1S/C14H24N2O3/c1-3-13(7-5-8-13)15-12(19)16-10-6-9-14(16,4-2)11(17)18/h3-10H2,1-2H3,(H,15,19)(H,17,18). The van der Waals surface area contributed by atoms with Gasteiger partial charge in [-0.25, -0.2) is 9.59 Å². The summed E-state index contributed by atoms with van der Waals surface area (Å²) in [6, 6.07) is -0.191. The van der Waals surface area contributed by atoms with E-state index in [1.807, 2.05) is 6.92 Å². The van der Waals surface area contributed by atoms with Crippen molar-refractivity contribution in [2.75, 3.05) is 6.54 Å². The lowest BCUT2D eigenvalue weighted by Crippen LogP contribution is -2.61. The highest BCUT2D eigenvalue weighted by molar-refractivity contribution is 5.87. The molecule has 1 heterocycles. The van der Waals surface area contributed by atoms with Crippen LogP contribution in [0.1, 0.15) is 58.8 Å². The summed E-state index contributed by atoms with van der Waals surface area (Å²) in [6.07, 6.45) is 5.88. The molecule has 2 N–H and O–H groups in total. The quantitative estimate of drug-likeness (QED) is 0.822. The number of carboxylic acid groups (broad SMARTS) is 1. The van der Waals surface area contributed by atoms with E-state index in [2.05, 4.69) is 12.2 Å². The molecule has 0 radical (unpaired) electrons. The van der Waals surface area contributed by atoms with Crippen LogP contribution in [0.5, 0.6) is 0 Å². The number of hydrogen-bond acceptors (Lipinski definition) is 2. The summed E-state index contributed by atoms with van der Waals surface area (Å²) in [5.74, 6) is -0.873. The second-order valence-electron chi connectivity index (χ2n) is 5.86. The lowest BCUT2D eigenvalue weighted by molar-refractivity contribution is -0.148. The molecule has 2 amide bonds. The molecule has 0 spiro atoms. The molecule has 108 valence electrons. The molecule has 1 saturated carbocycles. The largest absolute Gasteiger partial charge is 0.479 e. The number of carbonyl (C=O) groups excluding carboxylic acids is 1. The minimum Gasteiger partial charge on any atom is -0.479 e. The normalized spacial score (nSPS) is 28.8. The highest BCUT2D eigenvalue weighted by atomic mass is 16.4. The van der Waals surface area contributed by atoms with Crippen molar-refractivity contribution in [1.82, 2.24) is 10.2 Å². The minimum absolute atomic E-state index is 0.0857. The Morgan fingerprint density at radius 2 is 1.84 bits per heavy atom. The second kappa shape index (κ2) is 5.02. The zero-order chi connectivity index (χ0) is 14.1. The van der Waals surface area contributed by atoms with E-state index in [-0.39, 0.29) is 11.6 Å². The van der Waals surface area contributed by atoms with Crippen LogP contribution in [0.15, 0.2) is 0 Å². The van der Waals surface area contributed by atoms with Gasteiger partial charge in [-0.2, -0.15) is 0 Å².